The van der Waals surface area contributed by atoms with Crippen LogP contribution in [0.15, 0.2) is 18.2 Å². The Kier molecular flexibility index (Phi) is 9.72. The fourth-order valence-corrected chi connectivity index (χ4v) is 2.49. The fraction of sp³-hybridized carbons (Fsp3) is 0.684. The quantitative estimate of drug-likeness (QED) is 0.518. The predicted molar refractivity (Wildman–Crippen MR) is 93.1 cm³/mol. The highest BCUT2D eigenvalue weighted by Crippen LogP contribution is 2.31. The van der Waals surface area contributed by atoms with Gasteiger partial charge in [0.15, 0.2) is 17.8 Å². The first-order valence-corrected chi connectivity index (χ1v) is 8.59. The van der Waals surface area contributed by atoms with E-state index in [0.29, 0.717) is 18.3 Å². The van der Waals surface area contributed by atoms with Gasteiger partial charge in [0.1, 0.15) is 0 Å². The van der Waals surface area contributed by atoms with Crippen molar-refractivity contribution in [1.82, 2.24) is 0 Å². The van der Waals surface area contributed by atoms with Gasteiger partial charge < -0.3 is 18.9 Å². The molecule has 0 bridgehead atoms. The minimum atomic E-state index is -0.235. The summed E-state index contributed by atoms with van der Waals surface area (Å²) >= 11 is 0. The van der Waals surface area contributed by atoms with Crippen LogP contribution in [0.25, 0.3) is 0 Å². The molecule has 0 aromatic heterocycles. The molecule has 0 heterocycles. The number of rotatable bonds is 12. The van der Waals surface area contributed by atoms with Crippen LogP contribution in [-0.4, -0.2) is 27.1 Å². The number of para-hydroxylation sites is 1. The lowest BCUT2D eigenvalue weighted by atomic mass is 10.0. The maximum Gasteiger partial charge on any atom is 0.166 e. The monoisotopic (exact) mass is 324 g/mol. The lowest BCUT2D eigenvalue weighted by Crippen LogP contribution is -2.18. The first-order valence-electron chi connectivity index (χ1n) is 8.59. The molecular weight excluding hydrogens is 292 g/mol. The second kappa shape index (κ2) is 11.3. The van der Waals surface area contributed by atoms with Gasteiger partial charge in [0, 0.05) is 5.56 Å². The highest BCUT2D eigenvalue weighted by molar-refractivity contribution is 5.46. The number of hydrogen-bond donors (Lipinski definition) is 0. The maximum atomic E-state index is 5.85. The lowest BCUT2D eigenvalue weighted by molar-refractivity contribution is -0.146. The van der Waals surface area contributed by atoms with Crippen LogP contribution in [0.4, 0.5) is 0 Å². The van der Waals surface area contributed by atoms with Crippen molar-refractivity contribution in [3.05, 3.63) is 23.8 Å². The van der Waals surface area contributed by atoms with Gasteiger partial charge in [-0.05, 0) is 25.3 Å². The molecule has 23 heavy (non-hydrogen) atoms. The van der Waals surface area contributed by atoms with Gasteiger partial charge in [-0.3, -0.25) is 0 Å². The third-order valence-electron chi connectivity index (χ3n) is 4.07. The van der Waals surface area contributed by atoms with E-state index in [2.05, 4.69) is 13.8 Å². The molecule has 1 aromatic carbocycles. The third kappa shape index (κ3) is 6.80. The topological polar surface area (TPSA) is 36.9 Å². The standard InChI is InChI=1S/C19H32O4/c1-6-8-10-16(7-2)13-22-15(3)23-14-17-11-9-12-18(20-4)19(17)21-5/h9,11-12,15-16H,6-8,10,13-14H2,1-5H3/t15-,16-/m1/s1. The third-order valence-corrected chi connectivity index (χ3v) is 4.07. The summed E-state index contributed by atoms with van der Waals surface area (Å²) < 4.78 is 22.4. The van der Waals surface area contributed by atoms with Crippen molar-refractivity contribution in [3.63, 3.8) is 0 Å². The molecule has 0 radical (unpaired) electrons. The van der Waals surface area contributed by atoms with E-state index in [4.69, 9.17) is 18.9 Å². The number of ether oxygens (including phenoxy) is 4. The van der Waals surface area contributed by atoms with Crippen LogP contribution in [0, 0.1) is 5.92 Å². The van der Waals surface area contributed by atoms with E-state index in [1.807, 2.05) is 25.1 Å². The number of hydrogen-bond acceptors (Lipinski definition) is 4. The predicted octanol–water partition coefficient (Wildman–Crippen LogP) is 4.80. The molecule has 0 fully saturated rings. The zero-order chi connectivity index (χ0) is 17.1. The summed E-state index contributed by atoms with van der Waals surface area (Å²) in [5, 5.41) is 0. The maximum absolute atomic E-state index is 5.85. The van der Waals surface area contributed by atoms with Crippen molar-refractivity contribution in [2.45, 2.75) is 59.4 Å². The summed E-state index contributed by atoms with van der Waals surface area (Å²) in [5.41, 5.74) is 0.959. The zero-order valence-corrected chi connectivity index (χ0v) is 15.3. The minimum absolute atomic E-state index is 0.235. The van der Waals surface area contributed by atoms with Gasteiger partial charge in [0.2, 0.25) is 0 Å². The normalized spacial score (nSPS) is 13.6. The van der Waals surface area contributed by atoms with E-state index >= 15 is 0 Å². The van der Waals surface area contributed by atoms with Crippen molar-refractivity contribution in [3.8, 4) is 11.5 Å². The van der Waals surface area contributed by atoms with Gasteiger partial charge in [0.05, 0.1) is 27.4 Å². The highest BCUT2D eigenvalue weighted by Gasteiger charge is 2.13. The van der Waals surface area contributed by atoms with E-state index < -0.39 is 0 Å². The molecule has 0 saturated heterocycles. The molecule has 0 saturated carbocycles. The highest BCUT2D eigenvalue weighted by atomic mass is 16.7. The van der Waals surface area contributed by atoms with Crippen LogP contribution in [0.3, 0.4) is 0 Å². The van der Waals surface area contributed by atoms with Crippen LogP contribution >= 0.6 is 0 Å². The molecule has 132 valence electrons. The Hall–Kier alpha value is -1.26. The Bertz CT molecular complexity index is 433. The molecule has 0 N–H and O–H groups in total. The molecule has 1 aromatic rings. The van der Waals surface area contributed by atoms with Gasteiger partial charge in [-0.15, -0.1) is 0 Å². The smallest absolute Gasteiger partial charge is 0.166 e. The van der Waals surface area contributed by atoms with E-state index in [9.17, 15) is 0 Å². The van der Waals surface area contributed by atoms with Gasteiger partial charge in [-0.2, -0.15) is 0 Å². The Morgan fingerprint density at radius 3 is 2.43 bits per heavy atom. The largest absolute Gasteiger partial charge is 0.493 e. The van der Waals surface area contributed by atoms with E-state index in [-0.39, 0.29) is 6.29 Å². The molecule has 0 aliphatic rings. The lowest BCUT2D eigenvalue weighted by Gasteiger charge is -2.20. The molecule has 0 aliphatic heterocycles. The summed E-state index contributed by atoms with van der Waals surface area (Å²) in [7, 11) is 3.27. The van der Waals surface area contributed by atoms with E-state index in [1.165, 1.54) is 19.3 Å². The Balaban J connectivity index is 2.45. The SMILES string of the molecule is CCCC[C@@H](CC)CO[C@@H](C)OCc1cccc(OC)c1OC. The first kappa shape index (κ1) is 19.8. The molecule has 0 amide bonds. The molecule has 4 nitrogen and oxygen atoms in total. The molecular formula is C19H32O4. The fourth-order valence-electron chi connectivity index (χ4n) is 2.49. The summed E-state index contributed by atoms with van der Waals surface area (Å²) in [6.45, 7) is 7.58. The molecule has 2 atom stereocenters. The van der Waals surface area contributed by atoms with Crippen molar-refractivity contribution < 1.29 is 18.9 Å². The van der Waals surface area contributed by atoms with Gasteiger partial charge in [-0.25, -0.2) is 0 Å². The van der Waals surface area contributed by atoms with Gasteiger partial charge in [0.25, 0.3) is 0 Å². The zero-order valence-electron chi connectivity index (χ0n) is 15.3. The molecule has 0 spiro atoms. The van der Waals surface area contributed by atoms with Gasteiger partial charge >= 0.3 is 0 Å². The Morgan fingerprint density at radius 1 is 1.04 bits per heavy atom. The first-order chi connectivity index (χ1) is 11.2. The summed E-state index contributed by atoms with van der Waals surface area (Å²) in [6, 6.07) is 5.79. The second-order valence-electron chi connectivity index (χ2n) is 5.78. The van der Waals surface area contributed by atoms with Crippen LogP contribution < -0.4 is 9.47 Å². The van der Waals surface area contributed by atoms with Crippen molar-refractivity contribution in [1.29, 1.82) is 0 Å². The molecule has 4 heteroatoms. The van der Waals surface area contributed by atoms with Gasteiger partial charge in [-0.1, -0.05) is 45.2 Å². The number of benzene rings is 1. The summed E-state index contributed by atoms with van der Waals surface area (Å²) in [6.07, 6.45) is 4.64. The second-order valence-corrected chi connectivity index (χ2v) is 5.78. The average Bonchev–Trinajstić information content (AvgIpc) is 2.59. The van der Waals surface area contributed by atoms with E-state index in [1.54, 1.807) is 14.2 Å². The summed E-state index contributed by atoms with van der Waals surface area (Å²) in [4.78, 5) is 0. The number of unbranched alkanes of at least 4 members (excludes halogenated alkanes) is 1. The summed E-state index contributed by atoms with van der Waals surface area (Å²) in [5.74, 6) is 2.05. The van der Waals surface area contributed by atoms with Crippen molar-refractivity contribution in [2.24, 2.45) is 5.92 Å². The molecule has 0 aliphatic carbocycles. The van der Waals surface area contributed by atoms with Crippen molar-refractivity contribution >= 4 is 0 Å². The minimum Gasteiger partial charge on any atom is -0.493 e. The van der Waals surface area contributed by atoms with E-state index in [0.717, 1.165) is 24.3 Å². The Morgan fingerprint density at radius 2 is 1.83 bits per heavy atom. The molecule has 1 rings (SSSR count). The van der Waals surface area contributed by atoms with Crippen LogP contribution in [0.5, 0.6) is 11.5 Å². The molecule has 0 unspecified atom stereocenters. The average molecular weight is 324 g/mol. The van der Waals surface area contributed by atoms with Crippen LogP contribution in [0.2, 0.25) is 0 Å². The van der Waals surface area contributed by atoms with Crippen LogP contribution in [0.1, 0.15) is 52.0 Å². The Labute approximate surface area is 141 Å². The van der Waals surface area contributed by atoms with Crippen LogP contribution in [-0.2, 0) is 16.1 Å². The number of methoxy groups -OCH3 is 2. The van der Waals surface area contributed by atoms with Crippen molar-refractivity contribution in [2.75, 3.05) is 20.8 Å².